The van der Waals surface area contributed by atoms with Gasteiger partial charge in [-0.15, -0.1) is 0 Å². The number of rotatable bonds is 5. The summed E-state index contributed by atoms with van der Waals surface area (Å²) in [6.45, 7) is 3.80. The van der Waals surface area contributed by atoms with Crippen molar-refractivity contribution in [3.05, 3.63) is 80.2 Å². The van der Waals surface area contributed by atoms with Gasteiger partial charge in [-0.05, 0) is 54.8 Å². The Kier molecular flexibility index (Phi) is 5.65. The molecular formula is C20H18ClF2N3O2. The Morgan fingerprint density at radius 3 is 2.43 bits per heavy atom. The number of hydrogen-bond acceptors (Lipinski definition) is 4. The third-order valence-corrected chi connectivity index (χ3v) is 4.62. The maximum Gasteiger partial charge on any atom is 0.316 e. The van der Waals surface area contributed by atoms with Crippen LogP contribution in [0.15, 0.2) is 41.3 Å². The fourth-order valence-corrected chi connectivity index (χ4v) is 2.99. The van der Waals surface area contributed by atoms with Gasteiger partial charge in [-0.2, -0.15) is 4.98 Å². The number of nitrogens with zero attached hydrogens (tertiary/aromatic N) is 2. The van der Waals surface area contributed by atoms with Gasteiger partial charge in [0.05, 0.1) is 19.9 Å². The molecule has 8 heteroatoms. The SMILES string of the molecule is COc1cn(Cc2cc(F)cc(F)c2)c(Nc2cc(C)c(Cl)cc2C)nc1=O. The summed E-state index contributed by atoms with van der Waals surface area (Å²) >= 11 is 6.14. The Balaban J connectivity index is 2.06. The zero-order valence-corrected chi connectivity index (χ0v) is 16.3. The van der Waals surface area contributed by atoms with Crippen LogP contribution in [0.4, 0.5) is 20.4 Å². The summed E-state index contributed by atoms with van der Waals surface area (Å²) in [5.74, 6) is -1.14. The van der Waals surface area contributed by atoms with Gasteiger partial charge in [-0.1, -0.05) is 11.6 Å². The Hall–Kier alpha value is -2.93. The predicted molar refractivity (Wildman–Crippen MR) is 105 cm³/mol. The van der Waals surface area contributed by atoms with Crippen LogP contribution in [0.5, 0.6) is 5.75 Å². The molecule has 1 heterocycles. The summed E-state index contributed by atoms with van der Waals surface area (Å²) in [4.78, 5) is 16.2. The van der Waals surface area contributed by atoms with Crippen molar-refractivity contribution < 1.29 is 13.5 Å². The van der Waals surface area contributed by atoms with E-state index in [0.717, 1.165) is 17.2 Å². The summed E-state index contributed by atoms with van der Waals surface area (Å²) in [6, 6.07) is 6.87. The number of nitrogens with one attached hydrogen (secondary N) is 1. The van der Waals surface area contributed by atoms with Crippen LogP contribution in [0.2, 0.25) is 5.02 Å². The predicted octanol–water partition coefficient (Wildman–Crippen LogP) is 4.59. The Morgan fingerprint density at radius 2 is 1.79 bits per heavy atom. The molecule has 3 rings (SSSR count). The highest BCUT2D eigenvalue weighted by molar-refractivity contribution is 6.31. The highest BCUT2D eigenvalue weighted by Gasteiger charge is 2.13. The van der Waals surface area contributed by atoms with E-state index in [-0.39, 0.29) is 18.2 Å². The van der Waals surface area contributed by atoms with Gasteiger partial charge < -0.3 is 14.6 Å². The topological polar surface area (TPSA) is 56.1 Å². The van der Waals surface area contributed by atoms with Crippen molar-refractivity contribution in [3.8, 4) is 5.75 Å². The Morgan fingerprint density at radius 1 is 1.11 bits per heavy atom. The number of aromatic nitrogens is 2. The van der Waals surface area contributed by atoms with Crippen LogP contribution >= 0.6 is 11.6 Å². The number of aryl methyl sites for hydroxylation is 2. The van der Waals surface area contributed by atoms with E-state index in [4.69, 9.17) is 16.3 Å². The average molecular weight is 406 g/mol. The minimum Gasteiger partial charge on any atom is -0.490 e. The molecule has 0 spiro atoms. The Labute approximate surface area is 165 Å². The van der Waals surface area contributed by atoms with E-state index in [1.807, 2.05) is 19.9 Å². The first-order valence-corrected chi connectivity index (χ1v) is 8.79. The molecule has 1 N–H and O–H groups in total. The molecule has 0 atom stereocenters. The highest BCUT2D eigenvalue weighted by Crippen LogP contribution is 2.26. The fraction of sp³-hybridized carbons (Fsp3) is 0.200. The van der Waals surface area contributed by atoms with Crippen LogP contribution in [0.1, 0.15) is 16.7 Å². The zero-order chi connectivity index (χ0) is 20.4. The zero-order valence-electron chi connectivity index (χ0n) is 15.5. The van der Waals surface area contributed by atoms with E-state index in [1.165, 1.54) is 25.4 Å². The van der Waals surface area contributed by atoms with Crippen molar-refractivity contribution in [1.29, 1.82) is 0 Å². The second kappa shape index (κ2) is 7.98. The maximum absolute atomic E-state index is 13.6. The van der Waals surface area contributed by atoms with Crippen molar-refractivity contribution in [1.82, 2.24) is 9.55 Å². The molecular weight excluding hydrogens is 388 g/mol. The molecule has 0 aliphatic rings. The molecule has 1 aromatic heterocycles. The molecule has 0 unspecified atom stereocenters. The summed E-state index contributed by atoms with van der Waals surface area (Å²) in [6.07, 6.45) is 1.44. The lowest BCUT2D eigenvalue weighted by Crippen LogP contribution is -2.19. The first kappa shape index (κ1) is 19.8. The van der Waals surface area contributed by atoms with Crippen LogP contribution < -0.4 is 15.6 Å². The van der Waals surface area contributed by atoms with Crippen LogP contribution in [-0.4, -0.2) is 16.7 Å². The van der Waals surface area contributed by atoms with Crippen LogP contribution in [0, 0.1) is 25.5 Å². The largest absolute Gasteiger partial charge is 0.490 e. The third-order valence-electron chi connectivity index (χ3n) is 4.21. The lowest BCUT2D eigenvalue weighted by molar-refractivity contribution is 0.402. The molecule has 5 nitrogen and oxygen atoms in total. The molecule has 0 bridgehead atoms. The summed E-state index contributed by atoms with van der Waals surface area (Å²) in [5, 5.41) is 3.72. The maximum atomic E-state index is 13.6. The van der Waals surface area contributed by atoms with Crippen molar-refractivity contribution in [2.45, 2.75) is 20.4 Å². The van der Waals surface area contributed by atoms with Crippen LogP contribution in [0.3, 0.4) is 0 Å². The lowest BCUT2D eigenvalue weighted by atomic mass is 10.1. The monoisotopic (exact) mass is 405 g/mol. The van der Waals surface area contributed by atoms with E-state index in [9.17, 15) is 13.6 Å². The van der Waals surface area contributed by atoms with Crippen LogP contribution in [0.25, 0.3) is 0 Å². The minimum atomic E-state index is -0.686. The number of benzene rings is 2. The highest BCUT2D eigenvalue weighted by atomic mass is 35.5. The quantitative estimate of drug-likeness (QED) is 0.674. The number of ether oxygens (including phenoxy) is 1. The van der Waals surface area contributed by atoms with Gasteiger partial charge >= 0.3 is 5.56 Å². The van der Waals surface area contributed by atoms with Crippen LogP contribution in [-0.2, 0) is 6.54 Å². The molecule has 0 saturated carbocycles. The van der Waals surface area contributed by atoms with E-state index >= 15 is 0 Å². The number of hydrogen-bond donors (Lipinski definition) is 1. The fourth-order valence-electron chi connectivity index (χ4n) is 2.77. The van der Waals surface area contributed by atoms with Gasteiger partial charge in [0.15, 0.2) is 0 Å². The van der Waals surface area contributed by atoms with Crippen molar-refractivity contribution in [2.24, 2.45) is 0 Å². The van der Waals surface area contributed by atoms with E-state index in [2.05, 4.69) is 10.3 Å². The molecule has 146 valence electrons. The van der Waals surface area contributed by atoms with Crippen molar-refractivity contribution in [2.75, 3.05) is 12.4 Å². The smallest absolute Gasteiger partial charge is 0.316 e. The molecule has 0 radical (unpaired) electrons. The lowest BCUT2D eigenvalue weighted by Gasteiger charge is -2.17. The second-order valence-corrected chi connectivity index (χ2v) is 6.79. The molecule has 28 heavy (non-hydrogen) atoms. The van der Waals surface area contributed by atoms with Gasteiger partial charge in [-0.25, -0.2) is 8.78 Å². The molecule has 0 saturated heterocycles. The number of methoxy groups -OCH3 is 1. The Bertz CT molecular complexity index is 1080. The first-order valence-electron chi connectivity index (χ1n) is 8.41. The molecule has 0 aliphatic heterocycles. The van der Waals surface area contributed by atoms with Gasteiger partial charge in [-0.3, -0.25) is 4.79 Å². The standard InChI is InChI=1S/C20H18ClF2N3O2/c1-11-5-17(12(2)4-16(11)21)24-20-25-19(27)18(28-3)10-26(20)9-13-6-14(22)8-15(23)7-13/h4-8,10H,9H2,1-3H3,(H,24,25,27). The number of halogens is 3. The van der Waals surface area contributed by atoms with Gasteiger partial charge in [0, 0.05) is 16.8 Å². The van der Waals surface area contributed by atoms with E-state index < -0.39 is 17.2 Å². The van der Waals surface area contributed by atoms with Crippen molar-refractivity contribution in [3.63, 3.8) is 0 Å². The molecule has 0 aliphatic carbocycles. The summed E-state index contributed by atoms with van der Waals surface area (Å²) < 4.78 is 33.7. The molecule has 0 fully saturated rings. The van der Waals surface area contributed by atoms with E-state index in [0.29, 0.717) is 16.3 Å². The normalized spacial score (nSPS) is 10.8. The summed E-state index contributed by atoms with van der Waals surface area (Å²) in [5.41, 5.74) is 2.22. The van der Waals surface area contributed by atoms with Gasteiger partial charge in [0.25, 0.3) is 0 Å². The first-order chi connectivity index (χ1) is 13.3. The van der Waals surface area contributed by atoms with Crippen molar-refractivity contribution >= 4 is 23.2 Å². The molecule has 0 amide bonds. The van der Waals surface area contributed by atoms with Gasteiger partial charge in [0.2, 0.25) is 11.7 Å². The minimum absolute atomic E-state index is 0.0198. The average Bonchev–Trinajstić information content (AvgIpc) is 2.61. The van der Waals surface area contributed by atoms with Gasteiger partial charge in [0.1, 0.15) is 11.6 Å². The number of anilines is 2. The molecule has 3 aromatic rings. The molecule has 2 aromatic carbocycles. The van der Waals surface area contributed by atoms with E-state index in [1.54, 1.807) is 10.6 Å². The summed E-state index contributed by atoms with van der Waals surface area (Å²) in [7, 11) is 1.35. The second-order valence-electron chi connectivity index (χ2n) is 6.38. The third kappa shape index (κ3) is 4.31.